The highest BCUT2D eigenvalue weighted by Gasteiger charge is 2.38. The van der Waals surface area contributed by atoms with Crippen LogP contribution in [0.3, 0.4) is 0 Å². The Morgan fingerprint density at radius 1 is 1.02 bits per heavy atom. The van der Waals surface area contributed by atoms with E-state index in [0.29, 0.717) is 37.4 Å². The van der Waals surface area contributed by atoms with Crippen molar-refractivity contribution in [1.29, 1.82) is 0 Å². The quantitative estimate of drug-likeness (QED) is 0.302. The van der Waals surface area contributed by atoms with Crippen LogP contribution in [0.1, 0.15) is 31.9 Å². The molecular weight excluding hydrogens is 503 g/mol. The predicted octanol–water partition coefficient (Wildman–Crippen LogP) is 5.70. The molecule has 1 aliphatic heterocycles. The van der Waals surface area contributed by atoms with E-state index in [0.717, 1.165) is 22.1 Å². The number of fused-ring (bicyclic) bond motifs is 1. The molecule has 1 fully saturated rings. The van der Waals surface area contributed by atoms with Crippen molar-refractivity contribution in [3.8, 4) is 11.1 Å². The number of aromatic nitrogens is 1. The van der Waals surface area contributed by atoms with Gasteiger partial charge < -0.3 is 15.5 Å². The molecule has 3 aromatic carbocycles. The zero-order chi connectivity index (χ0) is 28.2. The van der Waals surface area contributed by atoms with E-state index in [2.05, 4.69) is 27.8 Å². The summed E-state index contributed by atoms with van der Waals surface area (Å²) in [4.78, 5) is 30.5. The average Bonchev–Trinajstić information content (AvgIpc) is 2.96. The summed E-state index contributed by atoms with van der Waals surface area (Å²) in [6.07, 6.45) is 3.77. The number of halogens is 1. The molecule has 0 saturated carbocycles. The Bertz CT molecular complexity index is 1520. The second-order valence-corrected chi connectivity index (χ2v) is 10.8. The molecule has 7 heteroatoms. The Morgan fingerprint density at radius 3 is 2.55 bits per heavy atom. The molecule has 1 aromatic heterocycles. The minimum absolute atomic E-state index is 0.0186. The lowest BCUT2D eigenvalue weighted by Crippen LogP contribution is -2.51. The number of nitrogens with one attached hydrogen (secondary N) is 2. The number of carbonyl (C=O) groups excluding carboxylic acids is 2. The number of anilines is 1. The fourth-order valence-corrected chi connectivity index (χ4v) is 5.50. The summed E-state index contributed by atoms with van der Waals surface area (Å²) in [5.74, 6) is -0.483. The number of amides is 2. The highest BCUT2D eigenvalue weighted by atomic mass is 19.1. The van der Waals surface area contributed by atoms with Crippen molar-refractivity contribution in [3.63, 3.8) is 0 Å². The first kappa shape index (κ1) is 27.5. The fourth-order valence-electron chi connectivity index (χ4n) is 5.50. The first-order valence-electron chi connectivity index (χ1n) is 13.8. The maximum absolute atomic E-state index is 15.3. The third-order valence-electron chi connectivity index (χ3n) is 8.14. The lowest BCUT2D eigenvalue weighted by Gasteiger charge is -2.40. The lowest BCUT2D eigenvalue weighted by molar-refractivity contribution is -0.126. The van der Waals surface area contributed by atoms with Crippen molar-refractivity contribution in [2.75, 3.05) is 18.0 Å². The van der Waals surface area contributed by atoms with Crippen LogP contribution < -0.4 is 15.5 Å². The van der Waals surface area contributed by atoms with Crippen molar-refractivity contribution in [2.45, 2.75) is 33.9 Å². The van der Waals surface area contributed by atoms with Crippen LogP contribution in [0.4, 0.5) is 10.1 Å². The summed E-state index contributed by atoms with van der Waals surface area (Å²) in [6, 6.07) is 21.1. The Labute approximate surface area is 234 Å². The highest BCUT2D eigenvalue weighted by molar-refractivity contribution is 5.96. The van der Waals surface area contributed by atoms with E-state index in [1.165, 1.54) is 18.4 Å². The van der Waals surface area contributed by atoms with Gasteiger partial charge in [0.05, 0.1) is 0 Å². The first-order valence-corrected chi connectivity index (χ1v) is 13.8. The Kier molecular flexibility index (Phi) is 8.21. The van der Waals surface area contributed by atoms with Gasteiger partial charge in [-0.3, -0.25) is 14.6 Å². The monoisotopic (exact) mass is 538 g/mol. The first-order chi connectivity index (χ1) is 19.3. The van der Waals surface area contributed by atoms with Crippen LogP contribution in [-0.4, -0.2) is 29.9 Å². The van der Waals surface area contributed by atoms with Crippen LogP contribution in [0.25, 0.3) is 21.9 Å². The van der Waals surface area contributed by atoms with Gasteiger partial charge in [0.25, 0.3) is 0 Å². The van der Waals surface area contributed by atoms with E-state index < -0.39 is 0 Å². The third kappa shape index (κ3) is 5.89. The molecule has 5 rings (SSSR count). The molecule has 2 heterocycles. The predicted molar refractivity (Wildman–Crippen MR) is 157 cm³/mol. The SMILES string of the molecule is CC(=O)NC[C@H]1CN(c2ccc(-c3ccc(CNCc4cncc5ccccc45)cc3)c(F)c2)C(=O)C(C)[C@@H]1C. The number of pyridine rings is 1. The van der Waals surface area contributed by atoms with Crippen molar-refractivity contribution in [3.05, 3.63) is 96.1 Å². The van der Waals surface area contributed by atoms with Gasteiger partial charge in [0.15, 0.2) is 0 Å². The van der Waals surface area contributed by atoms with Crippen molar-refractivity contribution in [1.82, 2.24) is 15.6 Å². The summed E-state index contributed by atoms with van der Waals surface area (Å²) < 4.78 is 15.3. The topological polar surface area (TPSA) is 74.3 Å². The second kappa shape index (κ2) is 12.0. The van der Waals surface area contributed by atoms with Gasteiger partial charge >= 0.3 is 0 Å². The molecule has 40 heavy (non-hydrogen) atoms. The molecule has 0 spiro atoms. The minimum Gasteiger partial charge on any atom is -0.356 e. The molecule has 2 amide bonds. The van der Waals surface area contributed by atoms with E-state index in [1.807, 2.05) is 68.7 Å². The normalized spacial score (nSPS) is 19.1. The lowest BCUT2D eigenvalue weighted by atomic mass is 9.79. The van der Waals surface area contributed by atoms with Gasteiger partial charge in [0.2, 0.25) is 11.8 Å². The Balaban J connectivity index is 1.24. The highest BCUT2D eigenvalue weighted by Crippen LogP contribution is 2.34. The van der Waals surface area contributed by atoms with E-state index in [1.54, 1.807) is 11.0 Å². The van der Waals surface area contributed by atoms with Crippen molar-refractivity contribution < 1.29 is 14.0 Å². The van der Waals surface area contributed by atoms with Crippen LogP contribution in [0.5, 0.6) is 0 Å². The molecule has 1 unspecified atom stereocenters. The van der Waals surface area contributed by atoms with Crippen molar-refractivity contribution in [2.24, 2.45) is 17.8 Å². The van der Waals surface area contributed by atoms with Gasteiger partial charge in [-0.25, -0.2) is 4.39 Å². The molecule has 1 saturated heterocycles. The van der Waals surface area contributed by atoms with Crippen LogP contribution in [0.15, 0.2) is 79.1 Å². The van der Waals surface area contributed by atoms with Crippen LogP contribution in [0.2, 0.25) is 0 Å². The van der Waals surface area contributed by atoms with Crippen LogP contribution in [0, 0.1) is 23.6 Å². The smallest absolute Gasteiger partial charge is 0.230 e. The van der Waals surface area contributed by atoms with Crippen molar-refractivity contribution >= 4 is 28.3 Å². The van der Waals surface area contributed by atoms with Crippen LogP contribution >= 0.6 is 0 Å². The Hall–Kier alpha value is -4.10. The number of nitrogens with zero attached hydrogens (tertiary/aromatic N) is 2. The number of carbonyl (C=O) groups is 2. The number of piperidine rings is 1. The van der Waals surface area contributed by atoms with Gasteiger partial charge in [-0.2, -0.15) is 0 Å². The molecule has 4 aromatic rings. The number of rotatable bonds is 8. The summed E-state index contributed by atoms with van der Waals surface area (Å²) in [5, 5.41) is 8.66. The van der Waals surface area contributed by atoms with Gasteiger partial charge in [-0.15, -0.1) is 0 Å². The van der Waals surface area contributed by atoms with E-state index >= 15 is 4.39 Å². The molecule has 1 aliphatic rings. The molecule has 3 atom stereocenters. The molecule has 2 N–H and O–H groups in total. The second-order valence-electron chi connectivity index (χ2n) is 10.8. The molecule has 0 aliphatic carbocycles. The van der Waals surface area contributed by atoms with E-state index in [4.69, 9.17) is 0 Å². The van der Waals surface area contributed by atoms with E-state index in [9.17, 15) is 9.59 Å². The summed E-state index contributed by atoms with van der Waals surface area (Å²) >= 11 is 0. The molecule has 206 valence electrons. The van der Waals surface area contributed by atoms with Gasteiger partial charge in [0, 0.05) is 68.1 Å². The zero-order valence-corrected chi connectivity index (χ0v) is 23.2. The maximum Gasteiger partial charge on any atom is 0.230 e. The molecule has 0 bridgehead atoms. The minimum atomic E-state index is -0.371. The fraction of sp³-hybridized carbons (Fsp3) is 0.303. The third-order valence-corrected chi connectivity index (χ3v) is 8.14. The van der Waals surface area contributed by atoms with Gasteiger partial charge in [0.1, 0.15) is 5.82 Å². The standard InChI is InChI=1S/C33H35FN4O2/c1-21-22(2)33(40)38(20-28(21)19-37-23(3)39)29-12-13-31(32(34)14-29)25-10-8-24(9-11-25)15-35-17-27-18-36-16-26-6-4-5-7-30(26)27/h4-14,16,18,21-22,28,35H,15,17,19-20H2,1-3H3,(H,37,39)/t21-,22?,28-/m0/s1. The average molecular weight is 539 g/mol. The summed E-state index contributed by atoms with van der Waals surface area (Å²) in [7, 11) is 0. The Morgan fingerprint density at radius 2 is 1.80 bits per heavy atom. The molecule has 0 radical (unpaired) electrons. The number of hydrogen-bond acceptors (Lipinski definition) is 4. The van der Waals surface area contributed by atoms with Gasteiger partial charge in [-0.05, 0) is 52.1 Å². The largest absolute Gasteiger partial charge is 0.356 e. The summed E-state index contributed by atoms with van der Waals surface area (Å²) in [5.41, 5.74) is 4.06. The molecule has 6 nitrogen and oxygen atoms in total. The molecular formula is C33H35FN4O2. The number of benzene rings is 3. The zero-order valence-electron chi connectivity index (χ0n) is 23.2. The van der Waals surface area contributed by atoms with E-state index in [-0.39, 0.29) is 35.4 Å². The van der Waals surface area contributed by atoms with Crippen LogP contribution in [-0.2, 0) is 22.7 Å². The summed E-state index contributed by atoms with van der Waals surface area (Å²) in [6.45, 7) is 7.74. The number of hydrogen-bond donors (Lipinski definition) is 2. The maximum atomic E-state index is 15.3. The van der Waals surface area contributed by atoms with Gasteiger partial charge in [-0.1, -0.05) is 62.4 Å².